The average Bonchev–Trinajstić information content (AvgIpc) is 3.01. The Bertz CT molecular complexity index is 715. The molecule has 1 aliphatic rings. The summed E-state index contributed by atoms with van der Waals surface area (Å²) in [7, 11) is 0. The van der Waals surface area contributed by atoms with E-state index in [4.69, 9.17) is 12.2 Å². The van der Waals surface area contributed by atoms with E-state index in [1.807, 2.05) is 30.3 Å². The Labute approximate surface area is 129 Å². The first kappa shape index (κ1) is 14.0. The number of pyridine rings is 1. The topological polar surface area (TPSA) is 36.1 Å². The van der Waals surface area contributed by atoms with Gasteiger partial charge in [0, 0.05) is 18.8 Å². The van der Waals surface area contributed by atoms with Crippen LogP contribution in [0.25, 0.3) is 11.3 Å². The Morgan fingerprint density at radius 1 is 1.19 bits per heavy atom. The molecule has 21 heavy (non-hydrogen) atoms. The summed E-state index contributed by atoms with van der Waals surface area (Å²) in [6, 6.07) is 12.1. The molecule has 1 N–H and O–H groups in total. The van der Waals surface area contributed by atoms with Crippen molar-refractivity contribution in [3.63, 3.8) is 0 Å². The molecule has 1 aromatic carbocycles. The summed E-state index contributed by atoms with van der Waals surface area (Å²) in [6.45, 7) is 3.57. The van der Waals surface area contributed by atoms with Gasteiger partial charge in [-0.1, -0.05) is 42.5 Å². The summed E-state index contributed by atoms with van der Waals surface area (Å²) < 4.78 is 0.533. The third-order valence-corrected chi connectivity index (χ3v) is 4.20. The quantitative estimate of drug-likeness (QED) is 0.681. The predicted molar refractivity (Wildman–Crippen MR) is 88.5 cm³/mol. The Morgan fingerprint density at radius 2 is 1.86 bits per heavy atom. The fourth-order valence-corrected chi connectivity index (χ4v) is 3.23. The van der Waals surface area contributed by atoms with Crippen LogP contribution in [0.4, 0.5) is 5.69 Å². The van der Waals surface area contributed by atoms with Gasteiger partial charge in [-0.05, 0) is 31.4 Å². The van der Waals surface area contributed by atoms with Crippen LogP contribution in [-0.4, -0.2) is 23.9 Å². The maximum Gasteiger partial charge on any atom is 0.164 e. The number of H-pyrrole nitrogens is 1. The number of carbonyl (C=O) groups excluding carboxylic acids is 1. The third kappa shape index (κ3) is 2.76. The molecule has 2 heterocycles. The number of ketones is 1. The van der Waals surface area contributed by atoms with Crippen LogP contribution in [0.1, 0.15) is 30.1 Å². The predicted octanol–water partition coefficient (Wildman–Crippen LogP) is 4.21. The van der Waals surface area contributed by atoms with E-state index in [1.165, 1.54) is 12.8 Å². The summed E-state index contributed by atoms with van der Waals surface area (Å²) >= 11 is 5.44. The van der Waals surface area contributed by atoms with Crippen LogP contribution in [0.3, 0.4) is 0 Å². The molecule has 1 aliphatic heterocycles. The van der Waals surface area contributed by atoms with Crippen LogP contribution in [0, 0.1) is 4.64 Å². The van der Waals surface area contributed by atoms with Gasteiger partial charge in [-0.3, -0.25) is 4.79 Å². The molecule has 0 saturated carbocycles. The van der Waals surface area contributed by atoms with E-state index in [-0.39, 0.29) is 5.78 Å². The number of rotatable bonds is 3. The number of hydrogen-bond acceptors (Lipinski definition) is 3. The van der Waals surface area contributed by atoms with E-state index >= 15 is 0 Å². The molecule has 0 bridgehead atoms. The van der Waals surface area contributed by atoms with Crippen LogP contribution in [-0.2, 0) is 0 Å². The van der Waals surface area contributed by atoms with Crippen molar-refractivity contribution < 1.29 is 4.79 Å². The lowest BCUT2D eigenvalue weighted by atomic mass is 10.1. The Morgan fingerprint density at radius 3 is 2.48 bits per heavy atom. The molecular weight excluding hydrogens is 280 g/mol. The lowest BCUT2D eigenvalue weighted by Crippen LogP contribution is -2.21. The van der Waals surface area contributed by atoms with Gasteiger partial charge in [0.1, 0.15) is 4.64 Å². The third-order valence-electron chi connectivity index (χ3n) is 3.90. The van der Waals surface area contributed by atoms with Crippen molar-refractivity contribution in [2.75, 3.05) is 18.0 Å². The van der Waals surface area contributed by atoms with E-state index < -0.39 is 0 Å². The molecule has 0 aliphatic carbocycles. The van der Waals surface area contributed by atoms with Gasteiger partial charge in [-0.25, -0.2) is 0 Å². The van der Waals surface area contributed by atoms with Crippen molar-refractivity contribution in [1.29, 1.82) is 0 Å². The zero-order chi connectivity index (χ0) is 14.8. The molecule has 1 saturated heterocycles. The van der Waals surface area contributed by atoms with Gasteiger partial charge in [0.05, 0.1) is 11.3 Å². The Hall–Kier alpha value is -1.94. The SMILES string of the molecule is CC(=O)c1c(N2CCCC2)cc(-c2ccccc2)[nH]c1=S. The van der Waals surface area contributed by atoms with Crippen molar-refractivity contribution in [3.8, 4) is 11.3 Å². The lowest BCUT2D eigenvalue weighted by molar-refractivity contribution is 0.101. The largest absolute Gasteiger partial charge is 0.371 e. The van der Waals surface area contributed by atoms with Gasteiger partial charge < -0.3 is 9.88 Å². The molecule has 0 radical (unpaired) electrons. The number of aromatic amines is 1. The number of aromatic nitrogens is 1. The highest BCUT2D eigenvalue weighted by atomic mass is 32.1. The maximum atomic E-state index is 12.0. The molecular formula is C17H18N2OS. The average molecular weight is 298 g/mol. The summed E-state index contributed by atoms with van der Waals surface area (Å²) in [5, 5.41) is 0. The van der Waals surface area contributed by atoms with E-state index in [1.54, 1.807) is 6.92 Å². The molecule has 3 rings (SSSR count). The van der Waals surface area contributed by atoms with Crippen molar-refractivity contribution >= 4 is 23.7 Å². The number of Topliss-reactive ketones (excluding diaryl/α,β-unsaturated/α-hetero) is 1. The minimum absolute atomic E-state index is 0.0257. The van der Waals surface area contributed by atoms with Gasteiger partial charge in [-0.15, -0.1) is 0 Å². The molecule has 4 heteroatoms. The number of nitrogens with zero attached hydrogens (tertiary/aromatic N) is 1. The second kappa shape index (κ2) is 5.82. The summed E-state index contributed by atoms with van der Waals surface area (Å²) in [5.74, 6) is 0.0257. The molecule has 0 atom stereocenters. The van der Waals surface area contributed by atoms with Crippen molar-refractivity contribution in [2.24, 2.45) is 0 Å². The molecule has 0 amide bonds. The molecule has 1 aromatic heterocycles. The molecule has 0 unspecified atom stereocenters. The Kier molecular flexibility index (Phi) is 3.88. The number of benzene rings is 1. The molecule has 3 nitrogen and oxygen atoms in total. The molecule has 2 aromatic rings. The minimum atomic E-state index is 0.0257. The molecule has 1 fully saturated rings. The first-order chi connectivity index (χ1) is 10.2. The van der Waals surface area contributed by atoms with E-state index in [0.29, 0.717) is 10.2 Å². The van der Waals surface area contributed by atoms with Gasteiger partial charge in [0.2, 0.25) is 0 Å². The first-order valence-electron chi connectivity index (χ1n) is 7.25. The first-order valence-corrected chi connectivity index (χ1v) is 7.66. The highest BCUT2D eigenvalue weighted by Gasteiger charge is 2.20. The zero-order valence-electron chi connectivity index (χ0n) is 12.1. The van der Waals surface area contributed by atoms with Gasteiger partial charge >= 0.3 is 0 Å². The standard InChI is InChI=1S/C17H18N2OS/c1-12(20)16-15(19-9-5-6-10-19)11-14(18-17(16)21)13-7-3-2-4-8-13/h2-4,7-8,11H,5-6,9-10H2,1H3,(H,18,21). The second-order valence-electron chi connectivity index (χ2n) is 5.39. The normalized spacial score (nSPS) is 14.4. The van der Waals surface area contributed by atoms with Crippen LogP contribution in [0.15, 0.2) is 36.4 Å². The van der Waals surface area contributed by atoms with Crippen LogP contribution < -0.4 is 4.90 Å². The van der Waals surface area contributed by atoms with Gasteiger partial charge in [0.25, 0.3) is 0 Å². The van der Waals surface area contributed by atoms with E-state index in [9.17, 15) is 4.79 Å². The lowest BCUT2D eigenvalue weighted by Gasteiger charge is -2.21. The number of hydrogen-bond donors (Lipinski definition) is 1. The zero-order valence-corrected chi connectivity index (χ0v) is 12.9. The summed E-state index contributed by atoms with van der Waals surface area (Å²) in [4.78, 5) is 17.5. The maximum absolute atomic E-state index is 12.0. The minimum Gasteiger partial charge on any atom is -0.371 e. The summed E-state index contributed by atoms with van der Waals surface area (Å²) in [5.41, 5.74) is 3.67. The van der Waals surface area contributed by atoms with Gasteiger partial charge in [0.15, 0.2) is 5.78 Å². The number of nitrogens with one attached hydrogen (secondary N) is 1. The smallest absolute Gasteiger partial charge is 0.164 e. The van der Waals surface area contributed by atoms with Crippen molar-refractivity contribution in [3.05, 3.63) is 46.6 Å². The summed E-state index contributed by atoms with van der Waals surface area (Å²) in [6.07, 6.45) is 2.34. The van der Waals surface area contributed by atoms with Crippen molar-refractivity contribution in [1.82, 2.24) is 4.98 Å². The highest BCUT2D eigenvalue weighted by Crippen LogP contribution is 2.30. The van der Waals surface area contributed by atoms with Crippen LogP contribution in [0.5, 0.6) is 0 Å². The van der Waals surface area contributed by atoms with E-state index in [0.717, 1.165) is 30.0 Å². The molecule has 108 valence electrons. The monoisotopic (exact) mass is 298 g/mol. The fourth-order valence-electron chi connectivity index (χ4n) is 2.87. The highest BCUT2D eigenvalue weighted by molar-refractivity contribution is 7.71. The molecule has 0 spiro atoms. The second-order valence-corrected chi connectivity index (χ2v) is 5.80. The number of carbonyl (C=O) groups is 1. The van der Waals surface area contributed by atoms with Crippen LogP contribution >= 0.6 is 12.2 Å². The number of anilines is 1. The fraction of sp³-hybridized carbons (Fsp3) is 0.294. The Balaban J connectivity index is 2.17. The van der Waals surface area contributed by atoms with E-state index in [2.05, 4.69) is 16.0 Å². The van der Waals surface area contributed by atoms with Crippen molar-refractivity contribution in [2.45, 2.75) is 19.8 Å². The van der Waals surface area contributed by atoms with Crippen LogP contribution in [0.2, 0.25) is 0 Å². The van der Waals surface area contributed by atoms with Gasteiger partial charge in [-0.2, -0.15) is 0 Å².